The van der Waals surface area contributed by atoms with Gasteiger partial charge in [0.15, 0.2) is 11.5 Å². The molecule has 3 atom stereocenters. The van der Waals surface area contributed by atoms with Gasteiger partial charge in [0.1, 0.15) is 0 Å². The van der Waals surface area contributed by atoms with E-state index in [1.807, 2.05) is 43.3 Å². The summed E-state index contributed by atoms with van der Waals surface area (Å²) < 4.78 is 11.1. The van der Waals surface area contributed by atoms with Crippen molar-refractivity contribution in [1.29, 1.82) is 0 Å². The van der Waals surface area contributed by atoms with E-state index < -0.39 is 11.9 Å². The fourth-order valence-corrected chi connectivity index (χ4v) is 5.77. The Kier molecular flexibility index (Phi) is 8.72. The Hall–Kier alpha value is -3.39. The van der Waals surface area contributed by atoms with Gasteiger partial charge in [0, 0.05) is 31.2 Å². The number of amides is 1. The fraction of sp³-hybridized carbons (Fsp3) is 0.500. The van der Waals surface area contributed by atoms with Crippen LogP contribution < -0.4 is 14.4 Å². The molecule has 0 aliphatic carbocycles. The number of anilines is 1. The Labute approximate surface area is 225 Å². The molecular weight excluding hydrogens is 482 g/mol. The highest BCUT2D eigenvalue weighted by Gasteiger charge is 2.48. The Balaban J connectivity index is 1.67. The first-order chi connectivity index (χ1) is 18.2. The standard InChI is InChI=1S/C30H39N3O5/c1-5-7-14-33(22-9-8-13-31-17-22)27(34)19-32-18-23(21-10-11-25-26(15-21)38-20-37-25)28(29(35)36)24(32)16-30(3,4)12-6-2/h6,8-13,15,17,23-24,28H,5,7,14,16,18-20H2,1-4H3,(H,35,36)/t23-,24+,28-/m1/s1. The van der Waals surface area contributed by atoms with Crippen molar-refractivity contribution in [3.8, 4) is 11.5 Å². The molecule has 0 saturated carbocycles. The number of benzene rings is 1. The lowest BCUT2D eigenvalue weighted by Gasteiger charge is -2.34. The molecule has 2 aliphatic rings. The number of carbonyl (C=O) groups is 2. The van der Waals surface area contributed by atoms with Crippen molar-refractivity contribution in [1.82, 2.24) is 9.88 Å². The van der Waals surface area contributed by atoms with Crippen LogP contribution in [0.15, 0.2) is 54.9 Å². The molecular formula is C30H39N3O5. The number of fused-ring (bicyclic) bond motifs is 1. The zero-order valence-electron chi connectivity index (χ0n) is 22.8. The van der Waals surface area contributed by atoms with Crippen molar-refractivity contribution in [3.63, 3.8) is 0 Å². The summed E-state index contributed by atoms with van der Waals surface area (Å²) in [6.45, 7) is 9.66. The number of aliphatic carboxylic acids is 1. The molecule has 0 bridgehead atoms. The summed E-state index contributed by atoms with van der Waals surface area (Å²) in [5.41, 5.74) is 1.42. The third-order valence-electron chi connectivity index (χ3n) is 7.54. The maximum atomic E-state index is 13.8. The second-order valence-corrected chi connectivity index (χ2v) is 10.9. The van der Waals surface area contributed by atoms with Crippen LogP contribution in [0.25, 0.3) is 0 Å². The van der Waals surface area contributed by atoms with Crippen LogP contribution in [0.4, 0.5) is 5.69 Å². The molecule has 38 heavy (non-hydrogen) atoms. The monoisotopic (exact) mass is 521 g/mol. The lowest BCUT2D eigenvalue weighted by molar-refractivity contribution is -0.143. The van der Waals surface area contributed by atoms with Gasteiger partial charge in [-0.05, 0) is 55.0 Å². The Morgan fingerprint density at radius 1 is 1.24 bits per heavy atom. The number of carboxylic acids is 1. The molecule has 0 unspecified atom stereocenters. The van der Waals surface area contributed by atoms with Gasteiger partial charge in [-0.25, -0.2) is 0 Å². The smallest absolute Gasteiger partial charge is 0.308 e. The van der Waals surface area contributed by atoms with Crippen LogP contribution in [0.5, 0.6) is 11.5 Å². The first kappa shape index (κ1) is 27.6. The normalized spacial score (nSPS) is 21.2. The molecule has 204 valence electrons. The third kappa shape index (κ3) is 6.18. The molecule has 2 aliphatic heterocycles. The van der Waals surface area contributed by atoms with Crippen molar-refractivity contribution in [2.75, 3.05) is 31.3 Å². The molecule has 1 saturated heterocycles. The minimum absolute atomic E-state index is 0.0456. The van der Waals surface area contributed by atoms with Crippen molar-refractivity contribution >= 4 is 17.6 Å². The fourth-order valence-electron chi connectivity index (χ4n) is 5.77. The number of carbonyl (C=O) groups excluding carboxylic acids is 1. The third-order valence-corrected chi connectivity index (χ3v) is 7.54. The number of unbranched alkanes of at least 4 members (excludes halogenated alkanes) is 1. The zero-order chi connectivity index (χ0) is 27.3. The van der Waals surface area contributed by atoms with Crippen LogP contribution >= 0.6 is 0 Å². The topological polar surface area (TPSA) is 92.2 Å². The van der Waals surface area contributed by atoms with Crippen LogP contribution in [0, 0.1) is 11.3 Å². The van der Waals surface area contributed by atoms with Gasteiger partial charge in [-0.1, -0.05) is 45.4 Å². The van der Waals surface area contributed by atoms with Gasteiger partial charge in [-0.3, -0.25) is 19.5 Å². The number of pyridine rings is 1. The van der Waals surface area contributed by atoms with E-state index in [1.165, 1.54) is 0 Å². The second kappa shape index (κ2) is 12.0. The highest BCUT2D eigenvalue weighted by atomic mass is 16.7. The maximum Gasteiger partial charge on any atom is 0.308 e. The molecule has 4 rings (SSSR count). The molecule has 0 spiro atoms. The highest BCUT2D eigenvalue weighted by Crippen LogP contribution is 2.45. The summed E-state index contributed by atoms with van der Waals surface area (Å²) in [4.78, 5) is 34.6. The first-order valence-electron chi connectivity index (χ1n) is 13.4. The summed E-state index contributed by atoms with van der Waals surface area (Å²) >= 11 is 0. The number of allylic oxidation sites excluding steroid dienone is 2. The summed E-state index contributed by atoms with van der Waals surface area (Å²) in [5, 5.41) is 10.5. The molecule has 2 aromatic rings. The molecule has 1 N–H and O–H groups in total. The van der Waals surface area contributed by atoms with Crippen molar-refractivity contribution in [2.24, 2.45) is 11.3 Å². The van der Waals surface area contributed by atoms with Gasteiger partial charge >= 0.3 is 5.97 Å². The molecule has 1 aromatic carbocycles. The summed E-state index contributed by atoms with van der Waals surface area (Å²) in [6, 6.07) is 9.07. The molecule has 8 nitrogen and oxygen atoms in total. The molecule has 3 heterocycles. The van der Waals surface area contributed by atoms with E-state index in [-0.39, 0.29) is 36.6 Å². The van der Waals surface area contributed by atoms with Gasteiger partial charge in [0.25, 0.3) is 0 Å². The number of aromatic nitrogens is 1. The molecule has 8 heteroatoms. The van der Waals surface area contributed by atoms with Crippen molar-refractivity contribution in [3.05, 3.63) is 60.4 Å². The zero-order valence-corrected chi connectivity index (χ0v) is 22.8. The SMILES string of the molecule is CC=CC(C)(C)C[C@H]1[C@H](C(=O)O)[C@@H](c2ccc3c(c2)OCO3)CN1CC(=O)N(CCCC)c1cccnc1. The van der Waals surface area contributed by atoms with E-state index in [1.54, 1.807) is 17.3 Å². The number of ether oxygens (including phenoxy) is 2. The van der Waals surface area contributed by atoms with E-state index in [0.717, 1.165) is 24.1 Å². The van der Waals surface area contributed by atoms with Gasteiger partial charge in [-0.15, -0.1) is 0 Å². The lowest BCUT2D eigenvalue weighted by atomic mass is 9.77. The van der Waals surface area contributed by atoms with Gasteiger partial charge in [0.2, 0.25) is 12.7 Å². The van der Waals surface area contributed by atoms with E-state index in [2.05, 4.69) is 36.7 Å². The number of rotatable bonds is 11. The highest BCUT2D eigenvalue weighted by molar-refractivity contribution is 5.94. The van der Waals surface area contributed by atoms with Crippen LogP contribution in [0.2, 0.25) is 0 Å². The van der Waals surface area contributed by atoms with Crippen LogP contribution in [0.3, 0.4) is 0 Å². The number of nitrogens with zero attached hydrogens (tertiary/aromatic N) is 3. The number of hydrogen-bond donors (Lipinski definition) is 1. The second-order valence-electron chi connectivity index (χ2n) is 10.9. The average Bonchev–Trinajstić information content (AvgIpc) is 3.49. The molecule has 1 amide bonds. The summed E-state index contributed by atoms with van der Waals surface area (Å²) in [5.74, 6) is -0.553. The quantitative estimate of drug-likeness (QED) is 0.411. The summed E-state index contributed by atoms with van der Waals surface area (Å²) in [7, 11) is 0. The van der Waals surface area contributed by atoms with E-state index in [0.29, 0.717) is 31.0 Å². The summed E-state index contributed by atoms with van der Waals surface area (Å²) in [6.07, 6.45) is 9.97. The largest absolute Gasteiger partial charge is 0.481 e. The van der Waals surface area contributed by atoms with Gasteiger partial charge in [0.05, 0.1) is 24.3 Å². The molecule has 0 radical (unpaired) electrons. The lowest BCUT2D eigenvalue weighted by Crippen LogP contribution is -2.45. The first-order valence-corrected chi connectivity index (χ1v) is 13.4. The maximum absolute atomic E-state index is 13.8. The van der Waals surface area contributed by atoms with Gasteiger partial charge < -0.3 is 19.5 Å². The minimum atomic E-state index is -0.848. The Bertz CT molecular complexity index is 1150. The predicted molar refractivity (Wildman–Crippen MR) is 147 cm³/mol. The predicted octanol–water partition coefficient (Wildman–Crippen LogP) is 5.10. The average molecular weight is 522 g/mol. The van der Waals surface area contributed by atoms with Crippen LogP contribution in [0.1, 0.15) is 58.4 Å². The van der Waals surface area contributed by atoms with Crippen LogP contribution in [-0.2, 0) is 9.59 Å². The number of hydrogen-bond acceptors (Lipinski definition) is 6. The molecule has 1 fully saturated rings. The molecule has 1 aromatic heterocycles. The van der Waals surface area contributed by atoms with E-state index in [9.17, 15) is 14.7 Å². The number of carboxylic acid groups (broad SMARTS) is 1. The van der Waals surface area contributed by atoms with E-state index in [4.69, 9.17) is 9.47 Å². The Morgan fingerprint density at radius 3 is 2.71 bits per heavy atom. The van der Waals surface area contributed by atoms with Gasteiger partial charge in [-0.2, -0.15) is 0 Å². The van der Waals surface area contributed by atoms with Crippen molar-refractivity contribution < 1.29 is 24.2 Å². The van der Waals surface area contributed by atoms with E-state index >= 15 is 0 Å². The Morgan fingerprint density at radius 2 is 2.03 bits per heavy atom. The van der Waals surface area contributed by atoms with Crippen LogP contribution in [-0.4, -0.2) is 59.3 Å². The minimum Gasteiger partial charge on any atom is -0.481 e. The van der Waals surface area contributed by atoms with Crippen molar-refractivity contribution in [2.45, 2.75) is 58.9 Å². The number of likely N-dealkylation sites (tertiary alicyclic amines) is 1.